The lowest BCUT2D eigenvalue weighted by Gasteiger charge is -2.29. The first-order valence-electron chi connectivity index (χ1n) is 8.88. The van der Waals surface area contributed by atoms with Gasteiger partial charge in [-0.25, -0.2) is 19.3 Å². The Bertz CT molecular complexity index is 870. The van der Waals surface area contributed by atoms with Crippen LogP contribution in [0.15, 0.2) is 54.6 Å². The molecule has 0 spiro atoms. The third-order valence-corrected chi connectivity index (χ3v) is 5.63. The van der Waals surface area contributed by atoms with E-state index in [4.69, 9.17) is 0 Å². The molecule has 2 aromatic rings. The van der Waals surface area contributed by atoms with Crippen LogP contribution in [0.4, 0.5) is 10.1 Å². The molecule has 0 aromatic heterocycles. The topological polar surface area (TPSA) is 43.9 Å². The maximum atomic E-state index is 13.3. The number of imide groups is 1. The van der Waals surface area contributed by atoms with Crippen molar-refractivity contribution in [3.05, 3.63) is 66.0 Å². The molecule has 26 heavy (non-hydrogen) atoms. The van der Waals surface area contributed by atoms with Crippen LogP contribution in [0.25, 0.3) is 0 Å². The Balaban J connectivity index is 1.58. The normalized spacial score (nSPS) is 28.7. The van der Waals surface area contributed by atoms with Gasteiger partial charge in [-0.05, 0) is 36.2 Å². The van der Waals surface area contributed by atoms with E-state index in [1.165, 1.54) is 29.2 Å². The SMILES string of the molecule is O=C1[C@@H]2[C@@H](C(=O)N1c1ccc(F)cc1)N1CCCN1[C@H]2c1ccccc1. The smallest absolute Gasteiger partial charge is 0.253 e. The first kappa shape index (κ1) is 15.7. The second-order valence-corrected chi connectivity index (χ2v) is 6.99. The summed E-state index contributed by atoms with van der Waals surface area (Å²) in [5.41, 5.74) is 1.49. The average molecular weight is 351 g/mol. The van der Waals surface area contributed by atoms with Crippen LogP contribution in [0.1, 0.15) is 18.0 Å². The van der Waals surface area contributed by atoms with Gasteiger partial charge in [0.2, 0.25) is 5.91 Å². The zero-order chi connectivity index (χ0) is 17.8. The van der Waals surface area contributed by atoms with Gasteiger partial charge in [-0.2, -0.15) is 0 Å². The van der Waals surface area contributed by atoms with E-state index in [-0.39, 0.29) is 23.7 Å². The highest BCUT2D eigenvalue weighted by Crippen LogP contribution is 2.48. The third-order valence-electron chi connectivity index (χ3n) is 5.63. The molecule has 3 fully saturated rings. The van der Waals surface area contributed by atoms with Crippen LogP contribution >= 0.6 is 0 Å². The van der Waals surface area contributed by atoms with Crippen LogP contribution < -0.4 is 4.90 Å². The number of benzene rings is 2. The van der Waals surface area contributed by atoms with E-state index in [2.05, 4.69) is 10.0 Å². The molecule has 0 aliphatic carbocycles. The second kappa shape index (κ2) is 5.72. The number of fused-ring (bicyclic) bond motifs is 3. The van der Waals surface area contributed by atoms with E-state index < -0.39 is 12.0 Å². The van der Waals surface area contributed by atoms with E-state index in [9.17, 15) is 14.0 Å². The van der Waals surface area contributed by atoms with Gasteiger partial charge in [0.15, 0.2) is 0 Å². The summed E-state index contributed by atoms with van der Waals surface area (Å²) < 4.78 is 13.3. The van der Waals surface area contributed by atoms with Crippen molar-refractivity contribution in [2.24, 2.45) is 5.92 Å². The van der Waals surface area contributed by atoms with Crippen molar-refractivity contribution in [3.63, 3.8) is 0 Å². The summed E-state index contributed by atoms with van der Waals surface area (Å²) >= 11 is 0. The van der Waals surface area contributed by atoms with E-state index in [1.54, 1.807) is 0 Å². The van der Waals surface area contributed by atoms with Crippen molar-refractivity contribution >= 4 is 17.5 Å². The molecule has 6 heteroatoms. The number of hydrazine groups is 1. The Morgan fingerprint density at radius 1 is 0.808 bits per heavy atom. The molecular weight excluding hydrogens is 333 g/mol. The van der Waals surface area contributed by atoms with Crippen molar-refractivity contribution in [1.29, 1.82) is 0 Å². The highest BCUT2D eigenvalue weighted by molar-refractivity contribution is 6.24. The van der Waals surface area contributed by atoms with Crippen molar-refractivity contribution in [2.45, 2.75) is 18.5 Å². The molecular formula is C20H18FN3O2. The Labute approximate surface area is 150 Å². The molecule has 132 valence electrons. The van der Waals surface area contributed by atoms with Crippen LogP contribution in [0.3, 0.4) is 0 Å². The number of anilines is 1. The van der Waals surface area contributed by atoms with Crippen molar-refractivity contribution in [3.8, 4) is 0 Å². The monoisotopic (exact) mass is 351 g/mol. The van der Waals surface area contributed by atoms with Crippen molar-refractivity contribution in [2.75, 3.05) is 18.0 Å². The summed E-state index contributed by atoms with van der Waals surface area (Å²) in [5.74, 6) is -1.23. The van der Waals surface area contributed by atoms with Crippen molar-refractivity contribution < 1.29 is 14.0 Å². The van der Waals surface area contributed by atoms with Crippen LogP contribution in [0.5, 0.6) is 0 Å². The predicted molar refractivity (Wildman–Crippen MR) is 93.4 cm³/mol. The minimum absolute atomic E-state index is 0.134. The van der Waals surface area contributed by atoms with Gasteiger partial charge in [-0.3, -0.25) is 9.59 Å². The number of nitrogens with zero attached hydrogens (tertiary/aromatic N) is 3. The molecule has 2 amide bonds. The van der Waals surface area contributed by atoms with Crippen LogP contribution in [0, 0.1) is 11.7 Å². The highest BCUT2D eigenvalue weighted by atomic mass is 19.1. The van der Waals surface area contributed by atoms with Crippen LogP contribution in [0.2, 0.25) is 0 Å². The van der Waals surface area contributed by atoms with E-state index >= 15 is 0 Å². The molecule has 3 heterocycles. The van der Waals surface area contributed by atoms with Crippen molar-refractivity contribution in [1.82, 2.24) is 10.0 Å². The first-order chi connectivity index (χ1) is 12.7. The molecule has 5 nitrogen and oxygen atoms in total. The molecule has 3 aliphatic rings. The van der Waals surface area contributed by atoms with Gasteiger partial charge in [0.05, 0.1) is 17.6 Å². The Hall–Kier alpha value is -2.57. The number of hydrogen-bond acceptors (Lipinski definition) is 4. The van der Waals surface area contributed by atoms with Gasteiger partial charge in [0, 0.05) is 13.1 Å². The van der Waals surface area contributed by atoms with Gasteiger partial charge in [-0.1, -0.05) is 30.3 Å². The number of halogens is 1. The second-order valence-electron chi connectivity index (χ2n) is 6.99. The minimum Gasteiger partial charge on any atom is -0.274 e. The molecule has 5 rings (SSSR count). The summed E-state index contributed by atoms with van der Waals surface area (Å²) in [5, 5.41) is 4.24. The molecule has 0 saturated carbocycles. The summed E-state index contributed by atoms with van der Waals surface area (Å²) in [6, 6.07) is 14.8. The number of rotatable bonds is 2. The standard InChI is InChI=1S/C20H18FN3O2/c21-14-7-9-15(10-8-14)24-19(25)16-17(13-5-2-1-3-6-13)22-11-4-12-23(22)18(16)20(24)26/h1-3,5-10,16-18H,4,11-12H2/t16-,17-,18-/m0/s1. The quantitative estimate of drug-likeness (QED) is 0.779. The van der Waals surface area contributed by atoms with Gasteiger partial charge in [0.1, 0.15) is 11.9 Å². The number of amides is 2. The lowest BCUT2D eigenvalue weighted by atomic mass is 9.90. The Morgan fingerprint density at radius 3 is 2.15 bits per heavy atom. The van der Waals surface area contributed by atoms with Gasteiger partial charge in [0.25, 0.3) is 5.91 Å². The highest BCUT2D eigenvalue weighted by Gasteiger charge is 2.62. The van der Waals surface area contributed by atoms with Crippen LogP contribution in [-0.2, 0) is 9.59 Å². The van der Waals surface area contributed by atoms with Gasteiger partial charge in [-0.15, -0.1) is 0 Å². The van der Waals surface area contributed by atoms with E-state index in [0.717, 1.165) is 25.1 Å². The summed E-state index contributed by atoms with van der Waals surface area (Å²) in [6.45, 7) is 1.63. The molecule has 2 aromatic carbocycles. The predicted octanol–water partition coefficient (Wildman–Crippen LogP) is 2.36. The van der Waals surface area contributed by atoms with Crippen LogP contribution in [-0.4, -0.2) is 41.0 Å². The van der Waals surface area contributed by atoms with E-state index in [0.29, 0.717) is 5.69 Å². The zero-order valence-electron chi connectivity index (χ0n) is 14.1. The minimum atomic E-state index is -0.472. The molecule has 3 saturated heterocycles. The maximum absolute atomic E-state index is 13.3. The van der Waals surface area contributed by atoms with E-state index in [1.807, 2.05) is 30.3 Å². The Morgan fingerprint density at radius 2 is 1.46 bits per heavy atom. The molecule has 0 N–H and O–H groups in total. The van der Waals surface area contributed by atoms with Gasteiger partial charge < -0.3 is 0 Å². The largest absolute Gasteiger partial charge is 0.274 e. The lowest BCUT2D eigenvalue weighted by Crippen LogP contribution is -2.44. The molecule has 3 aliphatic heterocycles. The number of hydrogen-bond donors (Lipinski definition) is 0. The summed E-state index contributed by atoms with van der Waals surface area (Å²) in [6.07, 6.45) is 0.977. The maximum Gasteiger partial charge on any atom is 0.253 e. The fourth-order valence-electron chi connectivity index (χ4n) is 4.61. The summed E-state index contributed by atoms with van der Waals surface area (Å²) in [4.78, 5) is 27.6. The number of carbonyl (C=O) groups excluding carboxylic acids is 2. The molecule has 3 atom stereocenters. The lowest BCUT2D eigenvalue weighted by molar-refractivity contribution is -0.126. The fraction of sp³-hybridized carbons (Fsp3) is 0.300. The molecule has 0 bridgehead atoms. The molecule has 0 radical (unpaired) electrons. The van der Waals surface area contributed by atoms with Gasteiger partial charge >= 0.3 is 0 Å². The Kier molecular flexibility index (Phi) is 3.45. The summed E-state index contributed by atoms with van der Waals surface area (Å²) in [7, 11) is 0. The fourth-order valence-corrected chi connectivity index (χ4v) is 4.61. The molecule has 0 unspecified atom stereocenters. The third kappa shape index (κ3) is 2.09. The zero-order valence-corrected chi connectivity index (χ0v) is 14.1. The first-order valence-corrected chi connectivity index (χ1v) is 8.88. The average Bonchev–Trinajstić information content (AvgIpc) is 3.29. The number of carbonyl (C=O) groups is 2.